The molecule has 0 aliphatic carbocycles. The Morgan fingerprint density at radius 2 is 1.52 bits per heavy atom. The van der Waals surface area contributed by atoms with Crippen LogP contribution in [0.15, 0.2) is 54.6 Å². The fourth-order valence-electron chi connectivity index (χ4n) is 2.04. The minimum absolute atomic E-state index is 0.125. The van der Waals surface area contributed by atoms with Crippen molar-refractivity contribution in [2.75, 3.05) is 10.6 Å². The van der Waals surface area contributed by atoms with Crippen LogP contribution in [-0.4, -0.2) is 16.1 Å². The Morgan fingerprint density at radius 3 is 2.16 bits per heavy atom. The monoisotopic (exact) mass is 360 g/mol. The zero-order valence-corrected chi connectivity index (χ0v) is 13.4. The highest BCUT2D eigenvalue weighted by molar-refractivity contribution is 6.34. The van der Waals surface area contributed by atoms with Gasteiger partial charge in [-0.25, -0.2) is 8.78 Å². The lowest BCUT2D eigenvalue weighted by Crippen LogP contribution is -2.14. The van der Waals surface area contributed by atoms with Crippen LogP contribution in [0, 0.1) is 11.6 Å². The number of carbonyl (C=O) groups is 1. The van der Waals surface area contributed by atoms with Gasteiger partial charge >= 0.3 is 0 Å². The van der Waals surface area contributed by atoms with Crippen molar-refractivity contribution in [1.82, 2.24) is 10.2 Å². The molecule has 8 heteroatoms. The summed E-state index contributed by atoms with van der Waals surface area (Å²) in [6, 6.07) is 12.9. The summed E-state index contributed by atoms with van der Waals surface area (Å²) in [5.74, 6) is -1.65. The second-order valence-electron chi connectivity index (χ2n) is 4.96. The van der Waals surface area contributed by atoms with E-state index in [0.29, 0.717) is 10.6 Å². The molecule has 0 unspecified atom stereocenters. The number of nitrogens with one attached hydrogen (secondary N) is 2. The van der Waals surface area contributed by atoms with Crippen molar-refractivity contribution in [2.45, 2.75) is 0 Å². The lowest BCUT2D eigenvalue weighted by Gasteiger charge is -2.08. The Labute approximate surface area is 146 Å². The second kappa shape index (κ2) is 7.23. The zero-order valence-electron chi connectivity index (χ0n) is 12.6. The Bertz CT molecular complexity index is 899. The summed E-state index contributed by atoms with van der Waals surface area (Å²) in [4.78, 5) is 12.1. The average Bonchev–Trinajstić information content (AvgIpc) is 2.60. The maximum Gasteiger partial charge on any atom is 0.258 e. The molecule has 0 saturated heterocycles. The minimum atomic E-state index is -0.752. The van der Waals surface area contributed by atoms with Crippen LogP contribution in [0.25, 0.3) is 0 Å². The number of aromatic nitrogens is 2. The Kier molecular flexibility index (Phi) is 4.85. The molecule has 25 heavy (non-hydrogen) atoms. The number of amides is 1. The highest BCUT2D eigenvalue weighted by Gasteiger charge is 2.12. The quantitative estimate of drug-likeness (QED) is 0.723. The van der Waals surface area contributed by atoms with Crippen molar-refractivity contribution in [2.24, 2.45) is 0 Å². The van der Waals surface area contributed by atoms with E-state index in [9.17, 15) is 13.6 Å². The molecule has 0 spiro atoms. The van der Waals surface area contributed by atoms with E-state index in [1.807, 2.05) is 0 Å². The molecule has 5 nitrogen and oxygen atoms in total. The maximum atomic E-state index is 13.6. The molecule has 1 heterocycles. The second-order valence-corrected chi connectivity index (χ2v) is 5.37. The SMILES string of the molecule is O=C(Nc1ccc(Nc2c(F)cccc2F)nn1)c1ccccc1Cl. The van der Waals surface area contributed by atoms with E-state index in [0.717, 1.165) is 12.1 Å². The van der Waals surface area contributed by atoms with Crippen molar-refractivity contribution in [1.29, 1.82) is 0 Å². The molecule has 3 rings (SSSR count). The van der Waals surface area contributed by atoms with Crippen molar-refractivity contribution < 1.29 is 13.6 Å². The van der Waals surface area contributed by atoms with Crippen LogP contribution in [0.3, 0.4) is 0 Å². The Hall–Kier alpha value is -3.06. The smallest absolute Gasteiger partial charge is 0.258 e. The van der Waals surface area contributed by atoms with Gasteiger partial charge < -0.3 is 10.6 Å². The summed E-state index contributed by atoms with van der Waals surface area (Å²) in [5, 5.41) is 12.9. The predicted molar refractivity (Wildman–Crippen MR) is 91.1 cm³/mol. The number of para-hydroxylation sites is 1. The van der Waals surface area contributed by atoms with Gasteiger partial charge in [-0.3, -0.25) is 4.79 Å². The Morgan fingerprint density at radius 1 is 0.880 bits per heavy atom. The van der Waals surface area contributed by atoms with Crippen LogP contribution >= 0.6 is 11.6 Å². The van der Waals surface area contributed by atoms with Crippen molar-refractivity contribution in [3.8, 4) is 0 Å². The van der Waals surface area contributed by atoms with Crippen molar-refractivity contribution in [3.63, 3.8) is 0 Å². The van der Waals surface area contributed by atoms with Crippen LogP contribution in [0.2, 0.25) is 5.02 Å². The first-order valence-corrected chi connectivity index (χ1v) is 7.53. The number of nitrogens with zero attached hydrogens (tertiary/aromatic N) is 2. The van der Waals surface area contributed by atoms with Gasteiger partial charge in [-0.05, 0) is 36.4 Å². The van der Waals surface area contributed by atoms with Gasteiger partial charge in [0.05, 0.1) is 10.6 Å². The van der Waals surface area contributed by atoms with E-state index < -0.39 is 17.5 Å². The third-order valence-electron chi connectivity index (χ3n) is 3.24. The molecule has 1 amide bonds. The van der Waals surface area contributed by atoms with Crippen molar-refractivity contribution >= 4 is 34.8 Å². The third kappa shape index (κ3) is 3.89. The summed E-state index contributed by atoms with van der Waals surface area (Å²) < 4.78 is 27.2. The van der Waals surface area contributed by atoms with Crippen LogP contribution in [0.1, 0.15) is 10.4 Å². The number of carbonyl (C=O) groups excluding carboxylic acids is 1. The molecule has 0 radical (unpaired) electrons. The number of hydrogen-bond donors (Lipinski definition) is 2. The molecule has 1 aromatic heterocycles. The maximum absolute atomic E-state index is 13.6. The van der Waals surface area contributed by atoms with E-state index in [-0.39, 0.29) is 17.3 Å². The average molecular weight is 361 g/mol. The summed E-state index contributed by atoms with van der Waals surface area (Å²) in [6.45, 7) is 0. The van der Waals surface area contributed by atoms with Crippen LogP contribution < -0.4 is 10.6 Å². The lowest BCUT2D eigenvalue weighted by atomic mass is 10.2. The van der Waals surface area contributed by atoms with E-state index >= 15 is 0 Å². The van der Waals surface area contributed by atoms with E-state index in [1.165, 1.54) is 18.2 Å². The molecule has 2 aromatic carbocycles. The summed E-state index contributed by atoms with van der Waals surface area (Å²) >= 11 is 5.95. The first-order chi connectivity index (χ1) is 12.0. The fraction of sp³-hybridized carbons (Fsp3) is 0. The highest BCUT2D eigenvalue weighted by atomic mass is 35.5. The molecule has 126 valence electrons. The van der Waals surface area contributed by atoms with E-state index in [2.05, 4.69) is 20.8 Å². The van der Waals surface area contributed by atoms with Gasteiger partial charge in [0.1, 0.15) is 17.3 Å². The topological polar surface area (TPSA) is 66.9 Å². The molecule has 0 aliphatic heterocycles. The molecular weight excluding hydrogens is 350 g/mol. The van der Waals surface area contributed by atoms with Gasteiger partial charge in [-0.2, -0.15) is 0 Å². The van der Waals surface area contributed by atoms with Gasteiger partial charge in [0, 0.05) is 0 Å². The summed E-state index contributed by atoms with van der Waals surface area (Å²) in [7, 11) is 0. The Balaban J connectivity index is 1.72. The summed E-state index contributed by atoms with van der Waals surface area (Å²) in [6.07, 6.45) is 0. The van der Waals surface area contributed by atoms with E-state index in [1.54, 1.807) is 24.3 Å². The number of hydrogen-bond acceptors (Lipinski definition) is 4. The molecule has 0 atom stereocenters. The molecule has 0 saturated carbocycles. The molecule has 0 aliphatic rings. The third-order valence-corrected chi connectivity index (χ3v) is 3.57. The van der Waals surface area contributed by atoms with Gasteiger partial charge in [0.2, 0.25) is 0 Å². The first kappa shape index (κ1) is 16.8. The minimum Gasteiger partial charge on any atom is -0.334 e. The largest absolute Gasteiger partial charge is 0.334 e. The lowest BCUT2D eigenvalue weighted by molar-refractivity contribution is 0.102. The number of rotatable bonds is 4. The molecule has 3 aromatic rings. The number of anilines is 3. The number of benzene rings is 2. The van der Waals surface area contributed by atoms with Crippen LogP contribution in [0.4, 0.5) is 26.1 Å². The molecular formula is C17H11ClF2N4O. The highest BCUT2D eigenvalue weighted by Crippen LogP contribution is 2.22. The van der Waals surface area contributed by atoms with Gasteiger partial charge in [-0.1, -0.05) is 29.8 Å². The molecule has 0 fully saturated rings. The van der Waals surface area contributed by atoms with Crippen molar-refractivity contribution in [3.05, 3.63) is 76.8 Å². The van der Waals surface area contributed by atoms with Gasteiger partial charge in [0.15, 0.2) is 11.6 Å². The fourth-order valence-corrected chi connectivity index (χ4v) is 2.26. The summed E-state index contributed by atoms with van der Waals surface area (Å²) in [5.41, 5.74) is -0.0359. The standard InChI is InChI=1S/C17H11ClF2N4O/c18-11-5-2-1-4-10(11)17(25)22-15-9-8-14(23-24-15)21-16-12(19)6-3-7-13(16)20/h1-9H,(H,21,23)(H,22,24,25). The van der Waals surface area contributed by atoms with Crippen LogP contribution in [-0.2, 0) is 0 Å². The molecule has 2 N–H and O–H groups in total. The van der Waals surface area contributed by atoms with E-state index in [4.69, 9.17) is 11.6 Å². The number of halogens is 3. The van der Waals surface area contributed by atoms with Gasteiger partial charge in [-0.15, -0.1) is 10.2 Å². The zero-order chi connectivity index (χ0) is 17.8. The first-order valence-electron chi connectivity index (χ1n) is 7.15. The van der Waals surface area contributed by atoms with Crippen LogP contribution in [0.5, 0.6) is 0 Å². The normalized spacial score (nSPS) is 10.4. The van der Waals surface area contributed by atoms with Gasteiger partial charge in [0.25, 0.3) is 5.91 Å². The predicted octanol–water partition coefficient (Wildman–Crippen LogP) is 4.40. The molecule has 0 bridgehead atoms.